The number of piperazine rings is 1. The van der Waals surface area contributed by atoms with Gasteiger partial charge >= 0.3 is 0 Å². The summed E-state index contributed by atoms with van der Waals surface area (Å²) in [6.45, 7) is 3.74. The van der Waals surface area contributed by atoms with Crippen LogP contribution in [0.25, 0.3) is 32.9 Å². The maximum Gasteiger partial charge on any atom is 0.254 e. The lowest BCUT2D eigenvalue weighted by atomic mass is 9.92. The van der Waals surface area contributed by atoms with E-state index in [1.807, 2.05) is 47.4 Å². The third kappa shape index (κ3) is 3.61. The van der Waals surface area contributed by atoms with Crippen LogP contribution in [-0.4, -0.2) is 72.3 Å². The zero-order valence-electron chi connectivity index (χ0n) is 20.1. The van der Waals surface area contributed by atoms with E-state index in [9.17, 15) is 14.4 Å². The van der Waals surface area contributed by atoms with Crippen LogP contribution in [0, 0.1) is 0 Å². The van der Waals surface area contributed by atoms with E-state index in [1.54, 1.807) is 6.07 Å². The van der Waals surface area contributed by atoms with Gasteiger partial charge in [-0.25, -0.2) is 0 Å². The van der Waals surface area contributed by atoms with Gasteiger partial charge in [0.15, 0.2) is 0 Å². The number of H-pyrrole nitrogens is 1. The molecule has 0 radical (unpaired) electrons. The summed E-state index contributed by atoms with van der Waals surface area (Å²) in [6, 6.07) is 15.1. The van der Waals surface area contributed by atoms with Crippen LogP contribution >= 0.6 is 0 Å². The minimum Gasteiger partial charge on any atom is -0.366 e. The second-order valence-corrected chi connectivity index (χ2v) is 9.63. The molecule has 8 heteroatoms. The lowest BCUT2D eigenvalue weighted by Crippen LogP contribution is -2.47. The Bertz CT molecular complexity index is 1560. The highest BCUT2D eigenvalue weighted by Gasteiger charge is 2.23. The Labute approximate surface area is 208 Å². The van der Waals surface area contributed by atoms with Crippen molar-refractivity contribution >= 4 is 39.5 Å². The predicted molar refractivity (Wildman–Crippen MR) is 139 cm³/mol. The summed E-state index contributed by atoms with van der Waals surface area (Å²) < 4.78 is 0. The van der Waals surface area contributed by atoms with Crippen molar-refractivity contribution in [2.45, 2.75) is 6.42 Å². The van der Waals surface area contributed by atoms with E-state index in [4.69, 9.17) is 5.73 Å². The lowest BCUT2D eigenvalue weighted by Gasteiger charge is -2.32. The van der Waals surface area contributed by atoms with Crippen molar-refractivity contribution in [3.05, 3.63) is 70.8 Å². The number of aromatic amines is 1. The molecule has 2 aliphatic heterocycles. The van der Waals surface area contributed by atoms with Crippen LogP contribution in [0.3, 0.4) is 0 Å². The maximum atomic E-state index is 13.2. The number of rotatable bonds is 3. The quantitative estimate of drug-likeness (QED) is 0.418. The van der Waals surface area contributed by atoms with Gasteiger partial charge in [0.1, 0.15) is 0 Å². The molecule has 1 aromatic heterocycles. The van der Waals surface area contributed by atoms with Crippen LogP contribution in [0.4, 0.5) is 0 Å². The standard InChI is InChI=1S/C28H27N5O3/c1-32-10-12-33(13-11-32)28(36)18-4-5-20-23(15-18)31-25-21(26(29)34)7-6-19(24(20)25)17-3-2-16-8-9-30-27(35)22(16)14-17/h2-7,14-15,31H,8-13H2,1H3,(H2,29,34)(H,30,35). The Morgan fingerprint density at radius 3 is 2.53 bits per heavy atom. The molecule has 3 amide bonds. The Morgan fingerprint density at radius 1 is 0.944 bits per heavy atom. The topological polar surface area (TPSA) is 112 Å². The number of benzene rings is 3. The third-order valence-corrected chi connectivity index (χ3v) is 7.40. The first-order valence-corrected chi connectivity index (χ1v) is 12.2. The minimum absolute atomic E-state index is 0.000274. The summed E-state index contributed by atoms with van der Waals surface area (Å²) in [6.07, 6.45) is 0.800. The van der Waals surface area contributed by atoms with Crippen LogP contribution in [0.5, 0.6) is 0 Å². The molecule has 3 aromatic carbocycles. The van der Waals surface area contributed by atoms with Crippen molar-refractivity contribution in [3.63, 3.8) is 0 Å². The van der Waals surface area contributed by atoms with Crippen LogP contribution in [0.2, 0.25) is 0 Å². The summed E-state index contributed by atoms with van der Waals surface area (Å²) >= 11 is 0. The molecule has 36 heavy (non-hydrogen) atoms. The van der Waals surface area contributed by atoms with Crippen molar-refractivity contribution in [2.24, 2.45) is 5.73 Å². The van der Waals surface area contributed by atoms with E-state index in [0.717, 1.165) is 52.5 Å². The van der Waals surface area contributed by atoms with Gasteiger partial charge in [0.25, 0.3) is 17.7 Å². The number of aromatic nitrogens is 1. The fraction of sp³-hybridized carbons (Fsp3) is 0.250. The van der Waals surface area contributed by atoms with E-state index in [-0.39, 0.29) is 11.8 Å². The second kappa shape index (κ2) is 8.49. The summed E-state index contributed by atoms with van der Waals surface area (Å²) in [7, 11) is 2.06. The molecule has 8 nitrogen and oxygen atoms in total. The first-order valence-electron chi connectivity index (χ1n) is 12.2. The first kappa shape index (κ1) is 22.3. The number of primary amides is 1. The number of nitrogens with two attached hydrogens (primary N) is 1. The summed E-state index contributed by atoms with van der Waals surface area (Å²) in [4.78, 5) is 45.4. The number of nitrogens with one attached hydrogen (secondary N) is 2. The van der Waals surface area contributed by atoms with Crippen molar-refractivity contribution in [1.29, 1.82) is 0 Å². The van der Waals surface area contributed by atoms with Crippen LogP contribution in [-0.2, 0) is 6.42 Å². The Hall–Kier alpha value is -4.17. The van der Waals surface area contributed by atoms with E-state index in [2.05, 4.69) is 22.2 Å². The maximum absolute atomic E-state index is 13.2. The van der Waals surface area contributed by atoms with Gasteiger partial charge in [-0.1, -0.05) is 24.3 Å². The molecule has 0 atom stereocenters. The van der Waals surface area contributed by atoms with Crippen molar-refractivity contribution in [1.82, 2.24) is 20.1 Å². The number of nitrogens with zero attached hydrogens (tertiary/aromatic N) is 2. The molecular weight excluding hydrogens is 454 g/mol. The molecule has 0 unspecified atom stereocenters. The average molecular weight is 482 g/mol. The smallest absolute Gasteiger partial charge is 0.254 e. The van der Waals surface area contributed by atoms with E-state index >= 15 is 0 Å². The minimum atomic E-state index is -0.531. The van der Waals surface area contributed by atoms with Crippen molar-refractivity contribution in [3.8, 4) is 11.1 Å². The molecule has 2 aliphatic rings. The average Bonchev–Trinajstić information content (AvgIpc) is 3.27. The summed E-state index contributed by atoms with van der Waals surface area (Å²) in [5.41, 5.74) is 11.5. The Kier molecular flexibility index (Phi) is 5.26. The molecule has 1 fully saturated rings. The van der Waals surface area contributed by atoms with Gasteiger partial charge < -0.3 is 25.8 Å². The summed E-state index contributed by atoms with van der Waals surface area (Å²) in [5, 5.41) is 4.64. The molecule has 0 bridgehead atoms. The first-order chi connectivity index (χ1) is 17.4. The number of hydrogen-bond acceptors (Lipinski definition) is 4. The van der Waals surface area contributed by atoms with Gasteiger partial charge in [-0.2, -0.15) is 0 Å². The molecule has 1 saturated heterocycles. The highest BCUT2D eigenvalue weighted by Crippen LogP contribution is 2.37. The second-order valence-electron chi connectivity index (χ2n) is 9.63. The molecule has 4 N–H and O–H groups in total. The number of amides is 3. The molecule has 0 spiro atoms. The highest BCUT2D eigenvalue weighted by atomic mass is 16.2. The molecule has 4 aromatic rings. The monoisotopic (exact) mass is 481 g/mol. The number of fused-ring (bicyclic) bond motifs is 4. The Morgan fingerprint density at radius 2 is 1.75 bits per heavy atom. The fourth-order valence-corrected chi connectivity index (χ4v) is 5.36. The molecule has 0 saturated carbocycles. The van der Waals surface area contributed by atoms with E-state index in [1.165, 1.54) is 0 Å². The van der Waals surface area contributed by atoms with Crippen LogP contribution in [0.15, 0.2) is 48.5 Å². The fourth-order valence-electron chi connectivity index (χ4n) is 5.36. The van der Waals surface area contributed by atoms with E-state index in [0.29, 0.717) is 41.8 Å². The molecule has 0 aliphatic carbocycles. The van der Waals surface area contributed by atoms with Gasteiger partial charge in [0.2, 0.25) is 0 Å². The Balaban J connectivity index is 1.50. The zero-order chi connectivity index (χ0) is 25.0. The number of hydrogen-bond donors (Lipinski definition) is 3. The summed E-state index contributed by atoms with van der Waals surface area (Å²) in [5.74, 6) is -0.606. The SMILES string of the molecule is CN1CCN(C(=O)c2ccc3c(c2)[nH]c2c(C(N)=O)ccc(-c4ccc5c(c4)C(=O)NCC5)c23)CC1. The highest BCUT2D eigenvalue weighted by molar-refractivity contribution is 6.20. The van der Waals surface area contributed by atoms with Gasteiger partial charge in [0.05, 0.1) is 11.1 Å². The van der Waals surface area contributed by atoms with Crippen LogP contribution < -0.4 is 11.1 Å². The van der Waals surface area contributed by atoms with Crippen molar-refractivity contribution < 1.29 is 14.4 Å². The molecular formula is C28H27N5O3. The van der Waals surface area contributed by atoms with Crippen molar-refractivity contribution in [2.75, 3.05) is 39.8 Å². The van der Waals surface area contributed by atoms with Gasteiger partial charge in [-0.15, -0.1) is 0 Å². The number of carbonyl (C=O) groups excluding carboxylic acids is 3. The van der Waals surface area contributed by atoms with Crippen LogP contribution in [0.1, 0.15) is 36.6 Å². The largest absolute Gasteiger partial charge is 0.366 e. The van der Waals surface area contributed by atoms with E-state index < -0.39 is 5.91 Å². The lowest BCUT2D eigenvalue weighted by molar-refractivity contribution is 0.0664. The third-order valence-electron chi connectivity index (χ3n) is 7.40. The van der Waals surface area contributed by atoms with Gasteiger partial charge in [0, 0.05) is 60.1 Å². The van der Waals surface area contributed by atoms with Gasteiger partial charge in [-0.3, -0.25) is 14.4 Å². The van der Waals surface area contributed by atoms with Gasteiger partial charge in [-0.05, 0) is 54.4 Å². The predicted octanol–water partition coefficient (Wildman–Crippen LogP) is 2.76. The number of carbonyl (C=O) groups is 3. The zero-order valence-corrected chi connectivity index (χ0v) is 20.1. The molecule has 6 rings (SSSR count). The molecule has 182 valence electrons. The number of likely N-dealkylation sites (N-methyl/N-ethyl adjacent to an activating group) is 1. The normalized spacial score (nSPS) is 16.2. The molecule has 3 heterocycles.